The van der Waals surface area contributed by atoms with Crippen LogP contribution in [-0.4, -0.2) is 42.0 Å². The SMILES string of the molecule is Cc1ccc2nc(N=Nc3ccc(N(C)CS(=O)(=O)O)cc3C(=O)O)sc2c1. The summed E-state index contributed by atoms with van der Waals surface area (Å²) in [5.41, 5.74) is 2.12. The second-order valence-corrected chi connectivity index (χ2v) is 8.51. The topological polar surface area (TPSA) is 133 Å². The number of anilines is 1. The van der Waals surface area contributed by atoms with Gasteiger partial charge in [0.25, 0.3) is 10.1 Å². The van der Waals surface area contributed by atoms with Gasteiger partial charge in [-0.1, -0.05) is 17.4 Å². The summed E-state index contributed by atoms with van der Waals surface area (Å²) in [5, 5.41) is 17.9. The quantitative estimate of drug-likeness (QED) is 0.455. The highest BCUT2D eigenvalue weighted by atomic mass is 32.2. The molecule has 0 fully saturated rings. The summed E-state index contributed by atoms with van der Waals surface area (Å²) in [7, 11) is -2.83. The number of aromatic carboxylic acids is 1. The van der Waals surface area contributed by atoms with Gasteiger partial charge in [0, 0.05) is 12.7 Å². The summed E-state index contributed by atoms with van der Waals surface area (Å²) >= 11 is 1.34. The summed E-state index contributed by atoms with van der Waals surface area (Å²) in [4.78, 5) is 17.1. The lowest BCUT2D eigenvalue weighted by molar-refractivity contribution is 0.0697. The lowest BCUT2D eigenvalue weighted by atomic mass is 10.1. The van der Waals surface area contributed by atoms with E-state index in [4.69, 9.17) is 4.55 Å². The van der Waals surface area contributed by atoms with Gasteiger partial charge in [-0.3, -0.25) is 4.55 Å². The number of thiazole rings is 1. The molecule has 3 rings (SSSR count). The van der Waals surface area contributed by atoms with E-state index in [0.29, 0.717) is 10.8 Å². The zero-order valence-electron chi connectivity index (χ0n) is 14.9. The highest BCUT2D eigenvalue weighted by Gasteiger charge is 2.16. The van der Waals surface area contributed by atoms with Crippen molar-refractivity contribution < 1.29 is 22.9 Å². The van der Waals surface area contributed by atoms with Crippen LogP contribution >= 0.6 is 11.3 Å². The fourth-order valence-corrected chi connectivity index (χ4v) is 4.02. The number of azo groups is 1. The monoisotopic (exact) mass is 420 g/mol. The van der Waals surface area contributed by atoms with Crippen molar-refractivity contribution in [3.05, 3.63) is 47.5 Å². The third kappa shape index (κ3) is 4.68. The lowest BCUT2D eigenvalue weighted by Gasteiger charge is -2.18. The van der Waals surface area contributed by atoms with E-state index in [9.17, 15) is 18.3 Å². The zero-order chi connectivity index (χ0) is 20.5. The Balaban J connectivity index is 1.92. The Bertz CT molecular complexity index is 1190. The Kier molecular flexibility index (Phi) is 5.40. The maximum atomic E-state index is 11.6. The van der Waals surface area contributed by atoms with Gasteiger partial charge < -0.3 is 10.0 Å². The molecule has 1 aromatic heterocycles. The minimum absolute atomic E-state index is 0.104. The van der Waals surface area contributed by atoms with E-state index < -0.39 is 22.0 Å². The van der Waals surface area contributed by atoms with E-state index in [0.717, 1.165) is 15.8 Å². The van der Waals surface area contributed by atoms with Crippen LogP contribution in [0, 0.1) is 6.92 Å². The van der Waals surface area contributed by atoms with Crippen LogP contribution in [0.15, 0.2) is 46.6 Å². The third-order valence-electron chi connectivity index (χ3n) is 3.78. The normalized spacial score (nSPS) is 12.0. The lowest BCUT2D eigenvalue weighted by Crippen LogP contribution is -2.25. The highest BCUT2D eigenvalue weighted by molar-refractivity contribution is 7.85. The Hall–Kier alpha value is -2.89. The zero-order valence-corrected chi connectivity index (χ0v) is 16.5. The van der Waals surface area contributed by atoms with Gasteiger partial charge in [0.2, 0.25) is 5.13 Å². The number of aromatic nitrogens is 1. The Labute approximate surface area is 164 Å². The number of aryl methyl sites for hydroxylation is 1. The van der Waals surface area contributed by atoms with Gasteiger partial charge in [-0.15, -0.1) is 10.2 Å². The third-order valence-corrected chi connectivity index (χ3v) is 5.40. The van der Waals surface area contributed by atoms with Crippen LogP contribution in [0.5, 0.6) is 0 Å². The number of hydrogen-bond acceptors (Lipinski definition) is 8. The van der Waals surface area contributed by atoms with Gasteiger partial charge in [-0.2, -0.15) is 8.42 Å². The van der Waals surface area contributed by atoms with Crippen LogP contribution in [0.4, 0.5) is 16.5 Å². The largest absolute Gasteiger partial charge is 0.478 e. The van der Waals surface area contributed by atoms with Crippen molar-refractivity contribution >= 4 is 54.1 Å². The minimum Gasteiger partial charge on any atom is -0.478 e. The molecule has 0 aliphatic heterocycles. The molecule has 0 bridgehead atoms. The average Bonchev–Trinajstić information content (AvgIpc) is 3.00. The molecule has 1 heterocycles. The summed E-state index contributed by atoms with van der Waals surface area (Å²) < 4.78 is 31.9. The summed E-state index contributed by atoms with van der Waals surface area (Å²) in [5.74, 6) is -1.91. The van der Waals surface area contributed by atoms with Crippen LogP contribution in [-0.2, 0) is 10.1 Å². The van der Waals surface area contributed by atoms with Crippen molar-refractivity contribution in [1.29, 1.82) is 0 Å². The molecular weight excluding hydrogens is 404 g/mol. The first-order valence-corrected chi connectivity index (χ1v) is 10.4. The molecule has 0 unspecified atom stereocenters. The number of carboxylic acids is 1. The van der Waals surface area contributed by atoms with Crippen LogP contribution in [0.2, 0.25) is 0 Å². The fraction of sp³-hybridized carbons (Fsp3) is 0.176. The standard InChI is InChI=1S/C17H16N4O5S2/c1-10-3-5-14-15(7-10)27-17(18-14)20-19-13-6-4-11(8-12(13)16(22)23)21(2)9-28(24,25)26/h3-8H,9H2,1-2H3,(H,22,23)(H,24,25,26). The first kappa shape index (κ1) is 19.9. The van der Waals surface area contributed by atoms with Crippen molar-refractivity contribution in [2.45, 2.75) is 6.92 Å². The van der Waals surface area contributed by atoms with Gasteiger partial charge in [-0.05, 0) is 42.8 Å². The summed E-state index contributed by atoms with van der Waals surface area (Å²) in [6.45, 7) is 1.97. The molecule has 0 saturated heterocycles. The number of benzene rings is 2. The van der Waals surface area contributed by atoms with E-state index in [1.165, 1.54) is 41.5 Å². The van der Waals surface area contributed by atoms with E-state index in [2.05, 4.69) is 15.2 Å². The van der Waals surface area contributed by atoms with Gasteiger partial charge in [0.05, 0.1) is 15.8 Å². The predicted octanol–water partition coefficient (Wildman–Crippen LogP) is 4.00. The van der Waals surface area contributed by atoms with Crippen molar-refractivity contribution in [2.24, 2.45) is 10.2 Å². The molecule has 146 valence electrons. The molecule has 28 heavy (non-hydrogen) atoms. The van der Waals surface area contributed by atoms with Crippen molar-refractivity contribution in [3.8, 4) is 0 Å². The van der Waals surface area contributed by atoms with Crippen LogP contribution in [0.3, 0.4) is 0 Å². The smallest absolute Gasteiger partial charge is 0.338 e. The predicted molar refractivity (Wildman–Crippen MR) is 107 cm³/mol. The van der Waals surface area contributed by atoms with E-state index >= 15 is 0 Å². The molecule has 0 radical (unpaired) electrons. The van der Waals surface area contributed by atoms with E-state index in [1.54, 1.807) is 0 Å². The summed E-state index contributed by atoms with van der Waals surface area (Å²) in [6.07, 6.45) is 0. The molecule has 0 aliphatic carbocycles. The molecule has 2 aromatic carbocycles. The molecule has 0 amide bonds. The highest BCUT2D eigenvalue weighted by Crippen LogP contribution is 2.31. The number of carboxylic acid groups (broad SMARTS) is 1. The van der Waals surface area contributed by atoms with Crippen LogP contribution < -0.4 is 4.90 Å². The number of rotatable bonds is 6. The maximum Gasteiger partial charge on any atom is 0.338 e. The molecule has 0 atom stereocenters. The number of carbonyl (C=O) groups is 1. The Morgan fingerprint density at radius 2 is 1.96 bits per heavy atom. The number of hydrogen-bond donors (Lipinski definition) is 2. The second-order valence-electron chi connectivity index (χ2n) is 6.08. The number of nitrogens with zero attached hydrogens (tertiary/aromatic N) is 4. The van der Waals surface area contributed by atoms with Gasteiger partial charge >= 0.3 is 5.97 Å². The molecule has 2 N–H and O–H groups in total. The van der Waals surface area contributed by atoms with E-state index in [-0.39, 0.29) is 11.3 Å². The first-order chi connectivity index (χ1) is 13.1. The van der Waals surface area contributed by atoms with Crippen molar-refractivity contribution in [3.63, 3.8) is 0 Å². The van der Waals surface area contributed by atoms with Gasteiger partial charge in [-0.25, -0.2) is 9.78 Å². The molecular formula is C17H16N4O5S2. The maximum absolute atomic E-state index is 11.6. The summed E-state index contributed by atoms with van der Waals surface area (Å²) in [6, 6.07) is 9.97. The molecule has 0 aliphatic rings. The second kappa shape index (κ2) is 7.62. The average molecular weight is 420 g/mol. The Morgan fingerprint density at radius 1 is 1.21 bits per heavy atom. The van der Waals surface area contributed by atoms with E-state index in [1.807, 2.05) is 25.1 Å². The minimum atomic E-state index is -4.25. The fourth-order valence-electron chi connectivity index (χ4n) is 2.50. The van der Waals surface area contributed by atoms with Gasteiger partial charge in [0.1, 0.15) is 11.6 Å². The molecule has 3 aromatic rings. The van der Waals surface area contributed by atoms with Crippen LogP contribution in [0.1, 0.15) is 15.9 Å². The Morgan fingerprint density at radius 3 is 2.64 bits per heavy atom. The molecule has 0 saturated carbocycles. The van der Waals surface area contributed by atoms with Crippen LogP contribution in [0.25, 0.3) is 10.2 Å². The van der Waals surface area contributed by atoms with Crippen molar-refractivity contribution in [2.75, 3.05) is 17.8 Å². The number of fused-ring (bicyclic) bond motifs is 1. The first-order valence-electron chi connectivity index (χ1n) is 7.95. The van der Waals surface area contributed by atoms with Gasteiger partial charge in [0.15, 0.2) is 0 Å². The molecule has 0 spiro atoms. The molecule has 9 nitrogen and oxygen atoms in total. The van der Waals surface area contributed by atoms with Crippen molar-refractivity contribution in [1.82, 2.24) is 4.98 Å². The molecule has 11 heteroatoms.